The topological polar surface area (TPSA) is 93.5 Å². The molecule has 0 unspecified atom stereocenters. The summed E-state index contributed by atoms with van der Waals surface area (Å²) in [5, 5.41) is 8.15. The van der Waals surface area contributed by atoms with Crippen LogP contribution in [0.5, 0.6) is 11.5 Å². The molecule has 4 aromatic rings. The van der Waals surface area contributed by atoms with Crippen molar-refractivity contribution in [1.29, 1.82) is 0 Å². The van der Waals surface area contributed by atoms with Gasteiger partial charge in [-0.3, -0.25) is 14.9 Å². The van der Waals surface area contributed by atoms with E-state index in [1.165, 1.54) is 17.6 Å². The molecule has 2 heterocycles. The van der Waals surface area contributed by atoms with Crippen molar-refractivity contribution in [3.8, 4) is 11.5 Å². The second-order valence-electron chi connectivity index (χ2n) is 6.74. The van der Waals surface area contributed by atoms with Crippen molar-refractivity contribution in [3.63, 3.8) is 0 Å². The first-order chi connectivity index (χ1) is 15.5. The molecule has 7 nitrogen and oxygen atoms in total. The van der Waals surface area contributed by atoms with E-state index in [9.17, 15) is 9.59 Å². The van der Waals surface area contributed by atoms with Gasteiger partial charge in [0.05, 0.1) is 34.7 Å². The Morgan fingerprint density at radius 3 is 2.56 bits per heavy atom. The van der Waals surface area contributed by atoms with Gasteiger partial charge in [0, 0.05) is 5.38 Å². The molecule has 0 atom stereocenters. The molecule has 0 spiro atoms. The number of hydrogen-bond acceptors (Lipinski definition) is 6. The highest BCUT2D eigenvalue weighted by Crippen LogP contribution is 2.33. The van der Waals surface area contributed by atoms with E-state index in [0.29, 0.717) is 44.4 Å². The Hall–Kier alpha value is -3.62. The number of nitrogens with zero attached hydrogens (tertiary/aromatic N) is 1. The molecule has 0 aliphatic rings. The predicted molar refractivity (Wildman–Crippen MR) is 124 cm³/mol. The zero-order valence-electron chi connectivity index (χ0n) is 16.9. The summed E-state index contributed by atoms with van der Waals surface area (Å²) >= 11 is 7.41. The van der Waals surface area contributed by atoms with E-state index in [4.69, 9.17) is 20.8 Å². The molecule has 0 fully saturated rings. The van der Waals surface area contributed by atoms with E-state index in [1.54, 1.807) is 54.8 Å². The molecule has 0 radical (unpaired) electrons. The molecular weight excluding hydrogens is 450 g/mol. The van der Waals surface area contributed by atoms with Gasteiger partial charge in [0.2, 0.25) is 5.91 Å². The summed E-state index contributed by atoms with van der Waals surface area (Å²) in [6, 6.07) is 15.8. The first-order valence-corrected chi connectivity index (χ1v) is 10.9. The zero-order chi connectivity index (χ0) is 22.5. The number of thiazole rings is 1. The van der Waals surface area contributed by atoms with Crippen molar-refractivity contribution in [1.82, 2.24) is 4.98 Å². The Morgan fingerprint density at radius 1 is 1.06 bits per heavy atom. The largest absolute Gasteiger partial charge is 0.469 e. The molecule has 0 saturated heterocycles. The average molecular weight is 468 g/mol. The van der Waals surface area contributed by atoms with E-state index >= 15 is 0 Å². The van der Waals surface area contributed by atoms with Gasteiger partial charge < -0.3 is 14.5 Å². The fourth-order valence-corrected chi connectivity index (χ4v) is 3.77. The summed E-state index contributed by atoms with van der Waals surface area (Å²) < 4.78 is 11.0. The fraction of sp³-hybridized carbons (Fsp3) is 0.0870. The Morgan fingerprint density at radius 2 is 1.81 bits per heavy atom. The van der Waals surface area contributed by atoms with Gasteiger partial charge >= 0.3 is 0 Å². The highest BCUT2D eigenvalue weighted by atomic mass is 35.5. The number of aryl methyl sites for hydroxylation is 1. The smallest absolute Gasteiger partial charge is 0.260 e. The SMILES string of the molecule is Cc1occc1C(=O)Nc1nc(CC(=O)Nc2ccccc2Oc2ccccc2Cl)cs1. The Kier molecular flexibility index (Phi) is 6.53. The number of anilines is 2. The summed E-state index contributed by atoms with van der Waals surface area (Å²) in [5.41, 5.74) is 1.49. The molecule has 2 amide bonds. The van der Waals surface area contributed by atoms with Crippen molar-refractivity contribution in [2.75, 3.05) is 10.6 Å². The minimum atomic E-state index is -0.313. The maximum atomic E-state index is 12.6. The van der Waals surface area contributed by atoms with Crippen LogP contribution in [0.4, 0.5) is 10.8 Å². The van der Waals surface area contributed by atoms with Gasteiger partial charge in [-0.2, -0.15) is 0 Å². The van der Waals surface area contributed by atoms with E-state index in [0.717, 1.165) is 0 Å². The second-order valence-corrected chi connectivity index (χ2v) is 8.01. The normalized spacial score (nSPS) is 10.6. The van der Waals surface area contributed by atoms with Crippen LogP contribution in [0, 0.1) is 6.92 Å². The third-order valence-electron chi connectivity index (χ3n) is 4.44. The van der Waals surface area contributed by atoms with Crippen LogP contribution in [0.25, 0.3) is 0 Å². The standard InChI is InChI=1S/C23H18ClN3O4S/c1-14-16(10-11-30-14)22(29)27-23-25-15(13-32-23)12-21(28)26-18-7-3-5-9-20(18)31-19-8-4-2-6-17(19)24/h2-11,13H,12H2,1H3,(H,26,28)(H,25,27,29). The number of carbonyl (C=O) groups excluding carboxylic acids is 2. The van der Waals surface area contributed by atoms with Gasteiger partial charge in [-0.1, -0.05) is 35.9 Å². The number of amides is 2. The predicted octanol–water partition coefficient (Wildman–Crippen LogP) is 5.92. The molecule has 2 aromatic carbocycles. The fourth-order valence-electron chi connectivity index (χ4n) is 2.89. The monoisotopic (exact) mass is 467 g/mol. The lowest BCUT2D eigenvalue weighted by molar-refractivity contribution is -0.115. The number of rotatable bonds is 7. The average Bonchev–Trinajstić information content (AvgIpc) is 3.39. The lowest BCUT2D eigenvalue weighted by Crippen LogP contribution is -2.15. The molecule has 4 rings (SSSR count). The highest BCUT2D eigenvalue weighted by Gasteiger charge is 2.15. The summed E-state index contributed by atoms with van der Waals surface area (Å²) in [6.45, 7) is 1.71. The summed E-state index contributed by atoms with van der Waals surface area (Å²) in [6.07, 6.45) is 1.49. The third kappa shape index (κ3) is 5.16. The van der Waals surface area contributed by atoms with Crippen molar-refractivity contribution in [2.45, 2.75) is 13.3 Å². The molecule has 2 N–H and O–H groups in total. The Balaban J connectivity index is 1.39. The molecule has 32 heavy (non-hydrogen) atoms. The first kappa shape index (κ1) is 21.6. The van der Waals surface area contributed by atoms with Crippen LogP contribution in [-0.4, -0.2) is 16.8 Å². The number of carbonyl (C=O) groups is 2. The molecule has 0 aliphatic heterocycles. The van der Waals surface area contributed by atoms with Crippen LogP contribution in [0.2, 0.25) is 5.02 Å². The van der Waals surface area contributed by atoms with E-state index in [2.05, 4.69) is 15.6 Å². The van der Waals surface area contributed by atoms with Crippen molar-refractivity contribution >= 4 is 45.6 Å². The van der Waals surface area contributed by atoms with Crippen molar-refractivity contribution < 1.29 is 18.7 Å². The number of benzene rings is 2. The minimum absolute atomic E-state index is 0.0392. The zero-order valence-corrected chi connectivity index (χ0v) is 18.5. The first-order valence-electron chi connectivity index (χ1n) is 9.60. The van der Waals surface area contributed by atoms with Gasteiger partial charge in [0.1, 0.15) is 11.5 Å². The van der Waals surface area contributed by atoms with E-state index in [-0.39, 0.29) is 18.2 Å². The summed E-state index contributed by atoms with van der Waals surface area (Å²) in [4.78, 5) is 29.2. The van der Waals surface area contributed by atoms with Crippen LogP contribution < -0.4 is 15.4 Å². The highest BCUT2D eigenvalue weighted by molar-refractivity contribution is 7.14. The Labute approximate surface area is 193 Å². The summed E-state index contributed by atoms with van der Waals surface area (Å²) in [7, 11) is 0. The number of hydrogen-bond donors (Lipinski definition) is 2. The molecule has 9 heteroatoms. The van der Waals surface area contributed by atoms with Crippen LogP contribution in [-0.2, 0) is 11.2 Å². The van der Waals surface area contributed by atoms with Crippen LogP contribution in [0.1, 0.15) is 21.8 Å². The number of para-hydroxylation sites is 3. The van der Waals surface area contributed by atoms with Gasteiger partial charge in [-0.05, 0) is 37.3 Å². The minimum Gasteiger partial charge on any atom is -0.469 e. The number of nitrogens with one attached hydrogen (secondary N) is 2. The second kappa shape index (κ2) is 9.67. The molecular formula is C23H18ClN3O4S. The maximum Gasteiger partial charge on any atom is 0.260 e. The molecule has 2 aromatic heterocycles. The number of halogens is 1. The van der Waals surface area contributed by atoms with Crippen LogP contribution in [0.3, 0.4) is 0 Å². The summed E-state index contributed by atoms with van der Waals surface area (Å²) in [5.74, 6) is 0.900. The van der Waals surface area contributed by atoms with Gasteiger partial charge in [-0.25, -0.2) is 4.98 Å². The third-order valence-corrected chi connectivity index (χ3v) is 5.55. The number of aromatic nitrogens is 1. The molecule has 0 aliphatic carbocycles. The Bertz CT molecular complexity index is 1270. The number of furan rings is 1. The molecule has 0 saturated carbocycles. The lowest BCUT2D eigenvalue weighted by Gasteiger charge is -2.12. The molecule has 162 valence electrons. The van der Waals surface area contributed by atoms with E-state index in [1.807, 2.05) is 12.1 Å². The quantitative estimate of drug-likeness (QED) is 0.351. The molecule has 0 bridgehead atoms. The van der Waals surface area contributed by atoms with Gasteiger partial charge in [0.15, 0.2) is 10.9 Å². The van der Waals surface area contributed by atoms with Crippen LogP contribution >= 0.6 is 22.9 Å². The van der Waals surface area contributed by atoms with Gasteiger partial charge in [0.25, 0.3) is 5.91 Å². The lowest BCUT2D eigenvalue weighted by atomic mass is 10.2. The van der Waals surface area contributed by atoms with Crippen molar-refractivity contribution in [3.05, 3.63) is 88.3 Å². The van der Waals surface area contributed by atoms with E-state index < -0.39 is 0 Å². The van der Waals surface area contributed by atoms with Crippen LogP contribution in [0.15, 0.2) is 70.7 Å². The van der Waals surface area contributed by atoms with Crippen molar-refractivity contribution in [2.24, 2.45) is 0 Å². The number of ether oxygens (including phenoxy) is 1. The maximum absolute atomic E-state index is 12.6. The van der Waals surface area contributed by atoms with Gasteiger partial charge in [-0.15, -0.1) is 11.3 Å².